The first-order valence-electron chi connectivity index (χ1n) is 9.60. The number of amides is 2. The molecule has 1 aromatic heterocycles. The molecule has 2 aliphatic heterocycles. The average Bonchev–Trinajstić information content (AvgIpc) is 2.69. The quantitative estimate of drug-likeness (QED) is 0.710. The third-order valence-electron chi connectivity index (χ3n) is 5.27. The Kier molecular flexibility index (Phi) is 7.10. The van der Waals surface area contributed by atoms with Crippen molar-refractivity contribution in [2.75, 3.05) is 57.4 Å². The summed E-state index contributed by atoms with van der Waals surface area (Å²) in [5, 5.41) is 3.30. The van der Waals surface area contributed by atoms with Crippen molar-refractivity contribution < 1.29 is 18.0 Å². The summed E-state index contributed by atoms with van der Waals surface area (Å²) in [5.74, 6) is 0.102. The van der Waals surface area contributed by atoms with Crippen molar-refractivity contribution in [3.63, 3.8) is 0 Å². The number of nitrogens with one attached hydrogen (secondary N) is 1. The first-order valence-corrected chi connectivity index (χ1v) is 11.8. The molecule has 1 atom stereocenters. The lowest BCUT2D eigenvalue weighted by atomic mass is 9.97. The Balaban J connectivity index is 1.48. The fourth-order valence-electron chi connectivity index (χ4n) is 3.65. The van der Waals surface area contributed by atoms with Gasteiger partial charge in [0.15, 0.2) is 0 Å². The Bertz CT molecular complexity index is 840. The fraction of sp³-hybridized carbons (Fsp3) is 0.611. The first kappa shape index (κ1) is 21.9. The second kappa shape index (κ2) is 9.38. The minimum atomic E-state index is -3.22. The molecule has 2 saturated heterocycles. The Morgan fingerprint density at radius 1 is 1.21 bits per heavy atom. The number of nitrogens with zero attached hydrogens (tertiary/aromatic N) is 4. The number of carbonyl (C=O) groups is 2. The highest BCUT2D eigenvalue weighted by molar-refractivity contribution is 7.88. The van der Waals surface area contributed by atoms with Crippen LogP contribution in [0.15, 0.2) is 18.3 Å². The highest BCUT2D eigenvalue weighted by atomic mass is 35.5. The zero-order valence-electron chi connectivity index (χ0n) is 16.4. The standard InChI is InChI=1S/C18H26ClN5O4S/c1-29(27,28)24-9-7-23(8-10-24)17(25)13-22-6-2-3-14(12-22)18(26)21-16-5-4-15(19)11-20-16/h4-5,11,14H,2-3,6-10,12-13H2,1H3,(H,20,21,26). The molecule has 2 fully saturated rings. The molecule has 11 heteroatoms. The van der Waals surface area contributed by atoms with Gasteiger partial charge in [0.2, 0.25) is 21.8 Å². The summed E-state index contributed by atoms with van der Waals surface area (Å²) in [4.78, 5) is 32.9. The number of hydrogen-bond donors (Lipinski definition) is 1. The summed E-state index contributed by atoms with van der Waals surface area (Å²) in [6, 6.07) is 3.32. The maximum absolute atomic E-state index is 12.6. The molecule has 9 nitrogen and oxygen atoms in total. The van der Waals surface area contributed by atoms with Crippen LogP contribution in [-0.4, -0.2) is 91.4 Å². The summed E-state index contributed by atoms with van der Waals surface area (Å²) in [6.45, 7) is 2.94. The molecule has 1 N–H and O–H groups in total. The fourth-order valence-corrected chi connectivity index (χ4v) is 4.59. The minimum absolute atomic E-state index is 0.0291. The van der Waals surface area contributed by atoms with Gasteiger partial charge in [-0.2, -0.15) is 4.31 Å². The molecule has 2 aliphatic rings. The molecule has 1 unspecified atom stereocenters. The van der Waals surface area contributed by atoms with E-state index >= 15 is 0 Å². The van der Waals surface area contributed by atoms with E-state index in [9.17, 15) is 18.0 Å². The van der Waals surface area contributed by atoms with Crippen LogP contribution in [0.25, 0.3) is 0 Å². The molecular weight excluding hydrogens is 418 g/mol. The summed E-state index contributed by atoms with van der Waals surface area (Å²) in [5.41, 5.74) is 0. The van der Waals surface area contributed by atoms with Crippen LogP contribution in [0.2, 0.25) is 5.02 Å². The van der Waals surface area contributed by atoms with Crippen LogP contribution in [0, 0.1) is 5.92 Å². The molecule has 0 aliphatic carbocycles. The van der Waals surface area contributed by atoms with E-state index in [4.69, 9.17) is 11.6 Å². The van der Waals surface area contributed by atoms with Gasteiger partial charge in [-0.25, -0.2) is 13.4 Å². The molecule has 0 radical (unpaired) electrons. The number of carbonyl (C=O) groups excluding carboxylic acids is 2. The summed E-state index contributed by atoms with van der Waals surface area (Å²) < 4.78 is 24.6. The second-order valence-electron chi connectivity index (χ2n) is 7.47. The number of likely N-dealkylation sites (tertiary alicyclic amines) is 1. The van der Waals surface area contributed by atoms with Crippen LogP contribution >= 0.6 is 11.6 Å². The summed E-state index contributed by atoms with van der Waals surface area (Å²) >= 11 is 5.81. The van der Waals surface area contributed by atoms with Crippen LogP contribution in [0.1, 0.15) is 12.8 Å². The molecule has 2 amide bonds. The number of hydrogen-bond acceptors (Lipinski definition) is 6. The third-order valence-corrected chi connectivity index (χ3v) is 6.80. The van der Waals surface area contributed by atoms with Crippen LogP contribution in [0.3, 0.4) is 0 Å². The minimum Gasteiger partial charge on any atom is -0.339 e. The molecule has 0 aromatic carbocycles. The predicted octanol–water partition coefficient (Wildman–Crippen LogP) is 0.489. The lowest BCUT2D eigenvalue weighted by Gasteiger charge is -2.36. The normalized spacial score (nSPS) is 21.7. The molecule has 3 rings (SSSR count). The van der Waals surface area contributed by atoms with Gasteiger partial charge >= 0.3 is 0 Å². The van der Waals surface area contributed by atoms with Crippen molar-refractivity contribution in [3.8, 4) is 0 Å². The van der Waals surface area contributed by atoms with Crippen molar-refractivity contribution in [3.05, 3.63) is 23.4 Å². The second-order valence-corrected chi connectivity index (χ2v) is 9.89. The zero-order valence-corrected chi connectivity index (χ0v) is 18.0. The average molecular weight is 444 g/mol. The van der Waals surface area contributed by atoms with Gasteiger partial charge in [0.1, 0.15) is 5.82 Å². The Labute approximate surface area is 176 Å². The Morgan fingerprint density at radius 2 is 1.93 bits per heavy atom. The number of aromatic nitrogens is 1. The van der Waals surface area contributed by atoms with Gasteiger partial charge in [-0.05, 0) is 31.5 Å². The molecule has 0 bridgehead atoms. The van der Waals surface area contributed by atoms with Gasteiger partial charge in [-0.3, -0.25) is 14.5 Å². The van der Waals surface area contributed by atoms with E-state index in [1.165, 1.54) is 16.8 Å². The molecule has 0 spiro atoms. The van der Waals surface area contributed by atoms with Crippen molar-refractivity contribution in [1.82, 2.24) is 19.1 Å². The maximum Gasteiger partial charge on any atom is 0.236 e. The van der Waals surface area contributed by atoms with Crippen molar-refractivity contribution in [2.45, 2.75) is 12.8 Å². The Hall–Kier alpha value is -1.75. The number of pyridine rings is 1. The van der Waals surface area contributed by atoms with Gasteiger partial charge in [-0.15, -0.1) is 0 Å². The lowest BCUT2D eigenvalue weighted by Crippen LogP contribution is -2.53. The molecular formula is C18H26ClN5O4S. The van der Waals surface area contributed by atoms with Gasteiger partial charge in [0, 0.05) is 38.9 Å². The lowest BCUT2D eigenvalue weighted by molar-refractivity contribution is -0.135. The number of piperazine rings is 1. The van der Waals surface area contributed by atoms with Crippen molar-refractivity contribution >= 4 is 39.3 Å². The number of sulfonamides is 1. The molecule has 1 aromatic rings. The van der Waals surface area contributed by atoms with Crippen molar-refractivity contribution in [1.29, 1.82) is 0 Å². The van der Waals surface area contributed by atoms with Gasteiger partial charge in [-0.1, -0.05) is 11.6 Å². The number of rotatable bonds is 5. The monoisotopic (exact) mass is 443 g/mol. The zero-order chi connectivity index (χ0) is 21.0. The molecule has 0 saturated carbocycles. The van der Waals surface area contributed by atoms with Crippen molar-refractivity contribution in [2.24, 2.45) is 5.92 Å². The maximum atomic E-state index is 12.6. The SMILES string of the molecule is CS(=O)(=O)N1CCN(C(=O)CN2CCCC(C(=O)Nc3ccc(Cl)cn3)C2)CC1. The third kappa shape index (κ3) is 6.11. The highest BCUT2D eigenvalue weighted by Crippen LogP contribution is 2.19. The highest BCUT2D eigenvalue weighted by Gasteiger charge is 2.30. The number of halogens is 1. The molecule has 160 valence electrons. The summed E-state index contributed by atoms with van der Waals surface area (Å²) in [6.07, 6.45) is 4.26. The number of anilines is 1. The summed E-state index contributed by atoms with van der Waals surface area (Å²) in [7, 11) is -3.22. The first-order chi connectivity index (χ1) is 13.7. The van der Waals surface area contributed by atoms with Gasteiger partial charge in [0.05, 0.1) is 23.7 Å². The predicted molar refractivity (Wildman–Crippen MR) is 110 cm³/mol. The molecule has 29 heavy (non-hydrogen) atoms. The van der Waals surface area contributed by atoms with Crippen LogP contribution in [0.4, 0.5) is 5.82 Å². The van der Waals surface area contributed by atoms with E-state index in [0.717, 1.165) is 19.4 Å². The Morgan fingerprint density at radius 3 is 2.55 bits per heavy atom. The van der Waals surface area contributed by atoms with Crippen LogP contribution < -0.4 is 5.32 Å². The van der Waals surface area contributed by atoms with E-state index < -0.39 is 10.0 Å². The van der Waals surface area contributed by atoms with Gasteiger partial charge < -0.3 is 10.2 Å². The molecule has 3 heterocycles. The topological polar surface area (TPSA) is 103 Å². The van der Waals surface area contributed by atoms with Crippen LogP contribution in [0.5, 0.6) is 0 Å². The van der Waals surface area contributed by atoms with E-state index in [0.29, 0.717) is 43.6 Å². The van der Waals surface area contributed by atoms with E-state index in [1.807, 2.05) is 4.90 Å². The van der Waals surface area contributed by atoms with E-state index in [-0.39, 0.29) is 24.3 Å². The van der Waals surface area contributed by atoms with Crippen LogP contribution in [-0.2, 0) is 19.6 Å². The smallest absolute Gasteiger partial charge is 0.236 e. The van der Waals surface area contributed by atoms with Gasteiger partial charge in [0.25, 0.3) is 0 Å². The van der Waals surface area contributed by atoms with E-state index in [2.05, 4.69) is 10.3 Å². The largest absolute Gasteiger partial charge is 0.339 e. The number of piperidine rings is 1. The van der Waals surface area contributed by atoms with E-state index in [1.54, 1.807) is 17.0 Å².